The first-order valence-electron chi connectivity index (χ1n) is 9.66. The van der Waals surface area contributed by atoms with Gasteiger partial charge in [-0.15, -0.1) is 0 Å². The van der Waals surface area contributed by atoms with Gasteiger partial charge in [-0.25, -0.2) is 0 Å². The number of Topliss-reactive ketones (excluding diaryl/α,β-unsaturated/α-hetero) is 1. The monoisotopic (exact) mass is 365 g/mol. The van der Waals surface area contributed by atoms with Crippen molar-refractivity contribution in [1.82, 2.24) is 14.7 Å². The zero-order valence-corrected chi connectivity index (χ0v) is 16.1. The Labute approximate surface area is 159 Å². The van der Waals surface area contributed by atoms with Crippen LogP contribution in [0.15, 0.2) is 29.9 Å². The van der Waals surface area contributed by atoms with Gasteiger partial charge in [0.05, 0.1) is 23.3 Å². The third kappa shape index (κ3) is 3.09. The predicted molar refractivity (Wildman–Crippen MR) is 110 cm³/mol. The summed E-state index contributed by atoms with van der Waals surface area (Å²) < 4.78 is 2.05. The number of nitrogens with two attached hydrogens (primary N) is 1. The number of carbonyl (C=O) groups is 1. The maximum absolute atomic E-state index is 13.4. The summed E-state index contributed by atoms with van der Waals surface area (Å²) in [5, 5.41) is 9.37. The molecule has 0 atom stereocenters. The molecule has 4 rings (SSSR count). The quantitative estimate of drug-likeness (QED) is 0.583. The SMILES string of the molecule is CN(C)CCn1nc2c3c(c(NCCCN)ccc31)C(=O)C1=C2CC=CC1. The first-order chi connectivity index (χ1) is 13.1. The van der Waals surface area contributed by atoms with Gasteiger partial charge in [0.25, 0.3) is 0 Å². The highest BCUT2D eigenvalue weighted by Crippen LogP contribution is 2.43. The summed E-state index contributed by atoms with van der Waals surface area (Å²) in [6.07, 6.45) is 6.58. The molecule has 0 saturated heterocycles. The molecular formula is C21H27N5O. The molecule has 142 valence electrons. The van der Waals surface area contributed by atoms with Gasteiger partial charge in [-0.2, -0.15) is 5.10 Å². The number of hydrogen-bond acceptors (Lipinski definition) is 5. The number of aromatic nitrogens is 2. The predicted octanol–water partition coefficient (Wildman–Crippen LogP) is 2.66. The fourth-order valence-electron chi connectivity index (χ4n) is 3.92. The number of hydrogen-bond donors (Lipinski definition) is 2. The lowest BCUT2D eigenvalue weighted by Crippen LogP contribution is -2.19. The Morgan fingerprint density at radius 3 is 2.74 bits per heavy atom. The summed E-state index contributed by atoms with van der Waals surface area (Å²) in [6.45, 7) is 3.10. The average molecular weight is 365 g/mol. The molecular weight excluding hydrogens is 338 g/mol. The van der Waals surface area contributed by atoms with E-state index in [1.807, 2.05) is 6.07 Å². The smallest absolute Gasteiger partial charge is 0.192 e. The van der Waals surface area contributed by atoms with E-state index in [4.69, 9.17) is 10.8 Å². The van der Waals surface area contributed by atoms with Crippen LogP contribution in [-0.4, -0.2) is 54.2 Å². The Hall–Kier alpha value is -2.44. The van der Waals surface area contributed by atoms with Crippen LogP contribution in [0.2, 0.25) is 0 Å². The van der Waals surface area contributed by atoms with E-state index in [1.165, 1.54) is 0 Å². The van der Waals surface area contributed by atoms with E-state index in [0.29, 0.717) is 13.0 Å². The molecule has 1 aromatic heterocycles. The van der Waals surface area contributed by atoms with E-state index in [9.17, 15) is 4.79 Å². The highest BCUT2D eigenvalue weighted by atomic mass is 16.1. The zero-order valence-electron chi connectivity index (χ0n) is 16.1. The van der Waals surface area contributed by atoms with E-state index < -0.39 is 0 Å². The summed E-state index contributed by atoms with van der Waals surface area (Å²) in [6, 6.07) is 4.11. The van der Waals surface area contributed by atoms with Gasteiger partial charge < -0.3 is 16.0 Å². The minimum atomic E-state index is 0.148. The maximum atomic E-state index is 13.4. The van der Waals surface area contributed by atoms with Crippen molar-refractivity contribution >= 4 is 27.9 Å². The lowest BCUT2D eigenvalue weighted by Gasteiger charge is -2.22. The Kier molecular flexibility index (Phi) is 4.85. The lowest BCUT2D eigenvalue weighted by atomic mass is 9.81. The van der Waals surface area contributed by atoms with Crippen molar-refractivity contribution in [2.45, 2.75) is 25.8 Å². The molecule has 0 bridgehead atoms. The van der Waals surface area contributed by atoms with Crippen LogP contribution in [0.25, 0.3) is 16.5 Å². The molecule has 0 fully saturated rings. The third-order valence-corrected chi connectivity index (χ3v) is 5.34. The Morgan fingerprint density at radius 2 is 2.00 bits per heavy atom. The molecule has 0 spiro atoms. The Balaban J connectivity index is 1.86. The van der Waals surface area contributed by atoms with Gasteiger partial charge in [0, 0.05) is 29.7 Å². The number of likely N-dealkylation sites (N-methyl/N-ethyl adjacent to an activating group) is 1. The van der Waals surface area contributed by atoms with Gasteiger partial charge in [0.1, 0.15) is 0 Å². The fourth-order valence-corrected chi connectivity index (χ4v) is 3.92. The molecule has 27 heavy (non-hydrogen) atoms. The molecule has 0 saturated carbocycles. The third-order valence-electron chi connectivity index (χ3n) is 5.34. The standard InChI is InChI=1S/C21H27N5O/c1-25(2)12-13-26-17-9-8-16(23-11-5-10-22)18-19(17)20(24-26)14-6-3-4-7-15(14)21(18)27/h3-4,8-9,23H,5-7,10-13,22H2,1-2H3. The Bertz CT molecular complexity index is 951. The summed E-state index contributed by atoms with van der Waals surface area (Å²) in [7, 11) is 4.12. The van der Waals surface area contributed by atoms with Crippen LogP contribution in [0.5, 0.6) is 0 Å². The number of benzene rings is 1. The van der Waals surface area contributed by atoms with Crippen LogP contribution in [0, 0.1) is 0 Å². The number of anilines is 1. The van der Waals surface area contributed by atoms with E-state index in [2.05, 4.69) is 47.2 Å². The molecule has 0 aliphatic heterocycles. The zero-order chi connectivity index (χ0) is 19.0. The van der Waals surface area contributed by atoms with Crippen LogP contribution < -0.4 is 11.1 Å². The number of rotatable bonds is 7. The van der Waals surface area contributed by atoms with Crippen molar-refractivity contribution in [3.05, 3.63) is 41.1 Å². The molecule has 6 nitrogen and oxygen atoms in total. The number of nitrogens with one attached hydrogen (secondary N) is 1. The molecule has 2 aliphatic carbocycles. The number of ketones is 1. The van der Waals surface area contributed by atoms with Crippen LogP contribution in [0.4, 0.5) is 5.69 Å². The van der Waals surface area contributed by atoms with Crippen molar-refractivity contribution in [2.24, 2.45) is 5.73 Å². The maximum Gasteiger partial charge on any atom is 0.192 e. The highest BCUT2D eigenvalue weighted by molar-refractivity contribution is 6.27. The molecule has 6 heteroatoms. The lowest BCUT2D eigenvalue weighted by molar-refractivity contribution is 0.103. The molecule has 1 heterocycles. The van der Waals surface area contributed by atoms with Crippen molar-refractivity contribution in [3.8, 4) is 0 Å². The van der Waals surface area contributed by atoms with Crippen LogP contribution >= 0.6 is 0 Å². The van der Waals surface area contributed by atoms with Crippen molar-refractivity contribution in [3.63, 3.8) is 0 Å². The number of fused-ring (bicyclic) bond motifs is 1. The number of nitrogens with zero attached hydrogens (tertiary/aromatic N) is 3. The normalized spacial score (nSPS) is 15.8. The molecule has 2 aromatic rings. The molecule has 0 amide bonds. The molecule has 1 aromatic carbocycles. The van der Waals surface area contributed by atoms with E-state index in [1.54, 1.807) is 0 Å². The molecule has 0 unspecified atom stereocenters. The van der Waals surface area contributed by atoms with Gasteiger partial charge in [0.15, 0.2) is 5.78 Å². The van der Waals surface area contributed by atoms with Gasteiger partial charge >= 0.3 is 0 Å². The van der Waals surface area contributed by atoms with E-state index >= 15 is 0 Å². The summed E-state index contributed by atoms with van der Waals surface area (Å²) in [4.78, 5) is 15.5. The second kappa shape index (κ2) is 7.29. The van der Waals surface area contributed by atoms with Crippen LogP contribution in [0.1, 0.15) is 35.3 Å². The van der Waals surface area contributed by atoms with Crippen molar-refractivity contribution < 1.29 is 4.79 Å². The topological polar surface area (TPSA) is 76.2 Å². The minimum Gasteiger partial charge on any atom is -0.384 e. The summed E-state index contributed by atoms with van der Waals surface area (Å²) >= 11 is 0. The van der Waals surface area contributed by atoms with Gasteiger partial charge in [-0.1, -0.05) is 12.2 Å². The molecule has 2 aliphatic rings. The molecule has 3 N–H and O–H groups in total. The second-order valence-electron chi connectivity index (χ2n) is 7.49. The fraction of sp³-hybridized carbons (Fsp3) is 0.429. The van der Waals surface area contributed by atoms with Gasteiger partial charge in [0.2, 0.25) is 0 Å². The van der Waals surface area contributed by atoms with Crippen molar-refractivity contribution in [2.75, 3.05) is 39.0 Å². The Morgan fingerprint density at radius 1 is 1.22 bits per heavy atom. The highest BCUT2D eigenvalue weighted by Gasteiger charge is 2.32. The number of carbonyl (C=O) groups excluding carboxylic acids is 1. The minimum absolute atomic E-state index is 0.148. The second-order valence-corrected chi connectivity index (χ2v) is 7.49. The van der Waals surface area contributed by atoms with Crippen LogP contribution in [0.3, 0.4) is 0 Å². The van der Waals surface area contributed by atoms with Gasteiger partial charge in [-0.3, -0.25) is 9.48 Å². The summed E-state index contributed by atoms with van der Waals surface area (Å²) in [5.41, 5.74) is 11.3. The largest absolute Gasteiger partial charge is 0.384 e. The first kappa shape index (κ1) is 17.9. The number of allylic oxidation sites excluding steroid dienone is 4. The summed E-state index contributed by atoms with van der Waals surface area (Å²) in [5.74, 6) is 0.148. The van der Waals surface area contributed by atoms with E-state index in [-0.39, 0.29) is 5.78 Å². The van der Waals surface area contributed by atoms with Crippen molar-refractivity contribution in [1.29, 1.82) is 0 Å². The van der Waals surface area contributed by atoms with Crippen LogP contribution in [-0.2, 0) is 6.54 Å². The molecule has 0 radical (unpaired) electrons. The van der Waals surface area contributed by atoms with E-state index in [0.717, 1.165) is 71.5 Å². The first-order valence-corrected chi connectivity index (χ1v) is 9.66. The average Bonchev–Trinajstić information content (AvgIpc) is 3.04. The van der Waals surface area contributed by atoms with Gasteiger partial charge in [-0.05, 0) is 57.6 Å².